The third kappa shape index (κ3) is 1.34. The van der Waals surface area contributed by atoms with Gasteiger partial charge in [-0.05, 0) is 18.6 Å². The van der Waals surface area contributed by atoms with Crippen molar-refractivity contribution in [1.29, 1.82) is 0 Å². The zero-order valence-corrected chi connectivity index (χ0v) is 9.27. The summed E-state index contributed by atoms with van der Waals surface area (Å²) in [5, 5.41) is 2.06. The lowest BCUT2D eigenvalue weighted by molar-refractivity contribution is 0.418. The first kappa shape index (κ1) is 9.34. The molecule has 14 heavy (non-hydrogen) atoms. The van der Waals surface area contributed by atoms with Crippen molar-refractivity contribution in [3.05, 3.63) is 23.8 Å². The lowest BCUT2D eigenvalue weighted by Crippen LogP contribution is -1.83. The molecule has 2 rings (SSSR count). The van der Waals surface area contributed by atoms with Gasteiger partial charge >= 0.3 is 0 Å². The lowest BCUT2D eigenvalue weighted by Gasteiger charge is -2.02. The third-order valence-electron chi connectivity index (χ3n) is 2.24. The number of aryl methyl sites for hydroxylation is 1. The molecule has 0 fully saturated rings. The molecule has 1 aromatic heterocycles. The van der Waals surface area contributed by atoms with Crippen LogP contribution < -0.4 is 9.47 Å². The second kappa shape index (κ2) is 3.50. The predicted octanol–water partition coefficient (Wildman–Crippen LogP) is 3.23. The van der Waals surface area contributed by atoms with Crippen LogP contribution in [0.25, 0.3) is 10.1 Å². The molecule has 0 unspecified atom stereocenters. The third-order valence-corrected chi connectivity index (χ3v) is 3.47. The molecular weight excluding hydrogens is 196 g/mol. The van der Waals surface area contributed by atoms with E-state index in [9.17, 15) is 0 Å². The monoisotopic (exact) mass is 208 g/mol. The summed E-state index contributed by atoms with van der Waals surface area (Å²) in [4.78, 5) is 0. The highest BCUT2D eigenvalue weighted by atomic mass is 32.1. The lowest BCUT2D eigenvalue weighted by atomic mass is 10.2. The van der Waals surface area contributed by atoms with Gasteiger partial charge in [-0.1, -0.05) is 17.4 Å². The molecule has 0 bridgehead atoms. The zero-order valence-electron chi connectivity index (χ0n) is 8.46. The van der Waals surface area contributed by atoms with Crippen LogP contribution in [0.2, 0.25) is 0 Å². The molecule has 0 spiro atoms. The Labute approximate surface area is 87.1 Å². The largest absolute Gasteiger partial charge is 0.496 e. The van der Waals surface area contributed by atoms with Crippen LogP contribution in [0.3, 0.4) is 0 Å². The quantitative estimate of drug-likeness (QED) is 0.754. The number of rotatable bonds is 2. The van der Waals surface area contributed by atoms with Crippen LogP contribution in [0.15, 0.2) is 18.2 Å². The van der Waals surface area contributed by atoms with E-state index < -0.39 is 0 Å². The summed E-state index contributed by atoms with van der Waals surface area (Å²) in [6, 6.07) is 6.08. The highest BCUT2D eigenvalue weighted by Crippen LogP contribution is 2.38. The Balaban J connectivity index is 2.74. The van der Waals surface area contributed by atoms with Gasteiger partial charge in [0.25, 0.3) is 0 Å². The smallest absolute Gasteiger partial charge is 0.174 e. The Morgan fingerprint density at radius 1 is 1.14 bits per heavy atom. The number of benzene rings is 1. The summed E-state index contributed by atoms with van der Waals surface area (Å²) in [5.41, 5.74) is 1.26. The number of ether oxygens (including phenoxy) is 2. The molecule has 74 valence electrons. The Morgan fingerprint density at radius 3 is 2.57 bits per heavy atom. The van der Waals surface area contributed by atoms with Crippen LogP contribution in [0.1, 0.15) is 5.56 Å². The highest BCUT2D eigenvalue weighted by molar-refractivity contribution is 7.21. The summed E-state index contributed by atoms with van der Waals surface area (Å²) >= 11 is 1.65. The summed E-state index contributed by atoms with van der Waals surface area (Å²) in [6.07, 6.45) is 0. The predicted molar refractivity (Wildman–Crippen MR) is 59.7 cm³/mol. The van der Waals surface area contributed by atoms with Gasteiger partial charge in [-0.25, -0.2) is 0 Å². The highest BCUT2D eigenvalue weighted by Gasteiger charge is 2.08. The normalized spacial score (nSPS) is 10.5. The molecule has 0 amide bonds. The van der Waals surface area contributed by atoms with Crippen LogP contribution in [0, 0.1) is 6.92 Å². The van der Waals surface area contributed by atoms with Gasteiger partial charge in [-0.3, -0.25) is 0 Å². The summed E-state index contributed by atoms with van der Waals surface area (Å²) in [6.45, 7) is 2.09. The van der Waals surface area contributed by atoms with E-state index in [1.807, 2.05) is 12.1 Å². The van der Waals surface area contributed by atoms with E-state index in [2.05, 4.69) is 13.0 Å². The Kier molecular flexibility index (Phi) is 2.33. The van der Waals surface area contributed by atoms with Gasteiger partial charge < -0.3 is 9.47 Å². The van der Waals surface area contributed by atoms with Crippen molar-refractivity contribution in [3.63, 3.8) is 0 Å². The van der Waals surface area contributed by atoms with Gasteiger partial charge in [-0.2, -0.15) is 0 Å². The van der Waals surface area contributed by atoms with E-state index in [-0.39, 0.29) is 0 Å². The molecule has 0 saturated heterocycles. The molecule has 0 atom stereocenters. The zero-order chi connectivity index (χ0) is 10.1. The minimum atomic E-state index is 0.908. The van der Waals surface area contributed by atoms with Crippen LogP contribution in [0.5, 0.6) is 10.8 Å². The minimum Gasteiger partial charge on any atom is -0.496 e. The number of hydrogen-bond donors (Lipinski definition) is 0. The first-order valence-electron chi connectivity index (χ1n) is 4.37. The molecule has 0 aliphatic carbocycles. The molecule has 1 aromatic carbocycles. The fourth-order valence-electron chi connectivity index (χ4n) is 1.49. The molecule has 0 N–H and O–H groups in total. The topological polar surface area (TPSA) is 18.5 Å². The van der Waals surface area contributed by atoms with E-state index in [0.29, 0.717) is 0 Å². The van der Waals surface area contributed by atoms with E-state index in [0.717, 1.165) is 16.2 Å². The van der Waals surface area contributed by atoms with Crippen molar-refractivity contribution in [2.24, 2.45) is 0 Å². The number of hydrogen-bond acceptors (Lipinski definition) is 3. The van der Waals surface area contributed by atoms with Gasteiger partial charge in [0.2, 0.25) is 0 Å². The first-order chi connectivity index (χ1) is 6.76. The molecule has 0 saturated carbocycles. The van der Waals surface area contributed by atoms with Gasteiger partial charge in [-0.15, -0.1) is 0 Å². The fourth-order valence-corrected chi connectivity index (χ4v) is 2.45. The van der Waals surface area contributed by atoms with Crippen LogP contribution in [-0.4, -0.2) is 14.2 Å². The van der Waals surface area contributed by atoms with E-state index in [4.69, 9.17) is 9.47 Å². The maximum absolute atomic E-state index is 5.29. The number of methoxy groups -OCH3 is 2. The molecule has 0 aliphatic heterocycles. The second-order valence-corrected chi connectivity index (χ2v) is 4.11. The SMILES string of the molecule is COc1cc2c(OC)ccc(C)c2s1. The Hall–Kier alpha value is -1.22. The maximum atomic E-state index is 5.29. The van der Waals surface area contributed by atoms with Crippen LogP contribution >= 0.6 is 11.3 Å². The van der Waals surface area contributed by atoms with Gasteiger partial charge in [0.15, 0.2) is 5.06 Å². The van der Waals surface area contributed by atoms with Gasteiger partial charge in [0, 0.05) is 16.2 Å². The number of thiophene rings is 1. The standard InChI is InChI=1S/C11H12O2S/c1-7-4-5-9(12-2)8-6-10(13-3)14-11(7)8/h4-6H,1-3H3. The van der Waals surface area contributed by atoms with Crippen molar-refractivity contribution < 1.29 is 9.47 Å². The van der Waals surface area contributed by atoms with Gasteiger partial charge in [0.05, 0.1) is 14.2 Å². The number of fused-ring (bicyclic) bond motifs is 1. The molecule has 0 aliphatic rings. The fraction of sp³-hybridized carbons (Fsp3) is 0.273. The average Bonchev–Trinajstić information content (AvgIpc) is 2.63. The Morgan fingerprint density at radius 2 is 1.93 bits per heavy atom. The Bertz CT molecular complexity index is 460. The average molecular weight is 208 g/mol. The maximum Gasteiger partial charge on any atom is 0.174 e. The molecule has 1 heterocycles. The molecule has 0 radical (unpaired) electrons. The van der Waals surface area contributed by atoms with Crippen LogP contribution in [0.4, 0.5) is 0 Å². The minimum absolute atomic E-state index is 0.908. The van der Waals surface area contributed by atoms with Crippen molar-refractivity contribution in [3.8, 4) is 10.8 Å². The molecule has 2 nitrogen and oxygen atoms in total. The van der Waals surface area contributed by atoms with Crippen molar-refractivity contribution in [2.45, 2.75) is 6.92 Å². The van der Waals surface area contributed by atoms with Crippen molar-refractivity contribution in [1.82, 2.24) is 0 Å². The summed E-state index contributed by atoms with van der Waals surface area (Å²) < 4.78 is 11.7. The first-order valence-corrected chi connectivity index (χ1v) is 5.19. The van der Waals surface area contributed by atoms with Crippen molar-refractivity contribution >= 4 is 21.4 Å². The molecule has 3 heteroatoms. The van der Waals surface area contributed by atoms with Gasteiger partial charge in [0.1, 0.15) is 5.75 Å². The van der Waals surface area contributed by atoms with E-state index in [1.54, 1.807) is 25.6 Å². The molecular formula is C11H12O2S. The molecule has 2 aromatic rings. The second-order valence-electron chi connectivity index (χ2n) is 3.10. The van der Waals surface area contributed by atoms with E-state index >= 15 is 0 Å². The summed E-state index contributed by atoms with van der Waals surface area (Å²) in [7, 11) is 3.38. The summed E-state index contributed by atoms with van der Waals surface area (Å²) in [5.74, 6) is 0.908. The van der Waals surface area contributed by atoms with Crippen LogP contribution in [-0.2, 0) is 0 Å². The van der Waals surface area contributed by atoms with Crippen molar-refractivity contribution in [2.75, 3.05) is 14.2 Å². The van der Waals surface area contributed by atoms with E-state index in [1.165, 1.54) is 10.3 Å².